The van der Waals surface area contributed by atoms with Gasteiger partial charge in [-0.2, -0.15) is 0 Å². The maximum absolute atomic E-state index is 6.13. The number of rotatable bonds is 4. The molecule has 3 N–H and O–H groups in total. The van der Waals surface area contributed by atoms with E-state index in [9.17, 15) is 0 Å². The number of anilines is 2. The molecule has 0 spiro atoms. The van der Waals surface area contributed by atoms with Gasteiger partial charge >= 0.3 is 0 Å². The predicted molar refractivity (Wildman–Crippen MR) is 101 cm³/mol. The molecule has 3 aromatic heterocycles. The van der Waals surface area contributed by atoms with Gasteiger partial charge in [0, 0.05) is 36.4 Å². The Hall–Kier alpha value is -3.74. The molecule has 0 saturated carbocycles. The number of nitrogen functional groups attached to an aromatic ring is 1. The maximum Gasteiger partial charge on any atom is 0.228 e. The van der Waals surface area contributed by atoms with Gasteiger partial charge in [-0.3, -0.25) is 0 Å². The number of nitrogens with two attached hydrogens (primary N) is 1. The second-order valence-corrected chi connectivity index (χ2v) is 5.52. The van der Waals surface area contributed by atoms with Crippen LogP contribution in [0.15, 0.2) is 61.1 Å². The molecule has 0 bridgehead atoms. The highest BCUT2D eigenvalue weighted by molar-refractivity contribution is 5.95. The number of ether oxygens (including phenoxy) is 1. The zero-order valence-electron chi connectivity index (χ0n) is 14.0. The van der Waals surface area contributed by atoms with Crippen molar-refractivity contribution in [3.63, 3.8) is 0 Å². The molecule has 0 aliphatic carbocycles. The van der Waals surface area contributed by atoms with E-state index in [1.54, 1.807) is 25.6 Å². The van der Waals surface area contributed by atoms with Gasteiger partial charge in [0.2, 0.25) is 11.8 Å². The van der Waals surface area contributed by atoms with Crippen LogP contribution in [0.2, 0.25) is 0 Å². The van der Waals surface area contributed by atoms with Crippen molar-refractivity contribution in [3.8, 4) is 22.9 Å². The second kappa shape index (κ2) is 6.64. The number of nitrogens with zero attached hydrogens (tertiary/aromatic N) is 4. The largest absolute Gasteiger partial charge is 0.438 e. The molecule has 0 aliphatic rings. The zero-order valence-corrected chi connectivity index (χ0v) is 14.0. The average molecular weight is 344 g/mol. The first-order valence-electron chi connectivity index (χ1n) is 8.03. The van der Waals surface area contributed by atoms with E-state index in [1.165, 1.54) is 0 Å². The van der Waals surface area contributed by atoms with Crippen LogP contribution in [0.3, 0.4) is 0 Å². The Morgan fingerprint density at radius 1 is 0.885 bits per heavy atom. The highest BCUT2D eigenvalue weighted by Crippen LogP contribution is 2.34. The van der Waals surface area contributed by atoms with E-state index >= 15 is 0 Å². The van der Waals surface area contributed by atoms with Crippen LogP contribution in [-0.2, 0) is 0 Å². The van der Waals surface area contributed by atoms with Crippen molar-refractivity contribution < 1.29 is 4.74 Å². The summed E-state index contributed by atoms with van der Waals surface area (Å²) in [6.07, 6.45) is 5.03. The van der Waals surface area contributed by atoms with E-state index in [4.69, 9.17) is 10.5 Å². The number of fused-ring (bicyclic) bond motifs is 1. The number of hydrogen-bond donors (Lipinski definition) is 2. The molecule has 7 heteroatoms. The lowest BCUT2D eigenvalue weighted by Crippen LogP contribution is -1.99. The molecule has 7 nitrogen and oxygen atoms in total. The number of hydrogen-bond acceptors (Lipinski definition) is 7. The van der Waals surface area contributed by atoms with Gasteiger partial charge in [0.1, 0.15) is 11.6 Å². The fourth-order valence-corrected chi connectivity index (χ4v) is 2.69. The molecule has 4 rings (SSSR count). The van der Waals surface area contributed by atoms with Gasteiger partial charge in [0.15, 0.2) is 0 Å². The minimum Gasteiger partial charge on any atom is -0.438 e. The van der Waals surface area contributed by atoms with Crippen LogP contribution in [0, 0.1) is 0 Å². The number of pyridine rings is 2. The van der Waals surface area contributed by atoms with E-state index in [0.29, 0.717) is 29.1 Å². The highest BCUT2D eigenvalue weighted by Gasteiger charge is 2.13. The summed E-state index contributed by atoms with van der Waals surface area (Å²) in [4.78, 5) is 17.1. The van der Waals surface area contributed by atoms with Gasteiger partial charge in [-0.05, 0) is 30.3 Å². The number of nitrogens with one attached hydrogen (secondary N) is 1. The lowest BCUT2D eigenvalue weighted by molar-refractivity contribution is 0.470. The van der Waals surface area contributed by atoms with Gasteiger partial charge in [0.25, 0.3) is 0 Å². The Bertz CT molecular complexity index is 1080. The lowest BCUT2D eigenvalue weighted by atomic mass is 10.1. The molecule has 1 aromatic carbocycles. The van der Waals surface area contributed by atoms with E-state index in [1.807, 2.05) is 42.5 Å². The third-order valence-electron chi connectivity index (χ3n) is 3.93. The SMILES string of the molecule is CNc1nccc(-c2cccnc2Oc2cccc3c(N)nccc23)n1. The summed E-state index contributed by atoms with van der Waals surface area (Å²) in [7, 11) is 1.77. The first-order valence-corrected chi connectivity index (χ1v) is 8.03. The summed E-state index contributed by atoms with van der Waals surface area (Å²) in [6, 6.07) is 13.1. The number of aromatic nitrogens is 4. The standard InChI is InChI=1S/C19H16N6O/c1-21-19-24-11-8-15(25-19)14-5-3-9-23-18(14)26-16-6-2-4-13-12(16)7-10-22-17(13)20/h2-11H,1H3,(H2,20,22)(H,21,24,25). The van der Waals surface area contributed by atoms with Crippen molar-refractivity contribution >= 4 is 22.5 Å². The van der Waals surface area contributed by atoms with Crippen LogP contribution < -0.4 is 15.8 Å². The van der Waals surface area contributed by atoms with Gasteiger partial charge in [-0.1, -0.05) is 12.1 Å². The molecule has 0 radical (unpaired) electrons. The summed E-state index contributed by atoms with van der Waals surface area (Å²) < 4.78 is 6.13. The summed E-state index contributed by atoms with van der Waals surface area (Å²) in [5.41, 5.74) is 7.45. The van der Waals surface area contributed by atoms with Crippen molar-refractivity contribution in [3.05, 3.63) is 61.1 Å². The van der Waals surface area contributed by atoms with Crippen molar-refractivity contribution in [1.29, 1.82) is 0 Å². The van der Waals surface area contributed by atoms with Gasteiger partial charge in [-0.15, -0.1) is 0 Å². The molecule has 4 aromatic rings. The third kappa shape index (κ3) is 2.86. The van der Waals surface area contributed by atoms with Gasteiger partial charge in [0.05, 0.1) is 11.3 Å². The first-order chi connectivity index (χ1) is 12.8. The Morgan fingerprint density at radius 3 is 2.65 bits per heavy atom. The fourth-order valence-electron chi connectivity index (χ4n) is 2.69. The molecule has 0 amide bonds. The van der Waals surface area contributed by atoms with Crippen molar-refractivity contribution in [2.45, 2.75) is 0 Å². The third-order valence-corrected chi connectivity index (χ3v) is 3.93. The predicted octanol–water partition coefficient (Wildman–Crippen LogP) is 3.50. The Morgan fingerprint density at radius 2 is 1.77 bits per heavy atom. The number of benzene rings is 1. The van der Waals surface area contributed by atoms with Crippen molar-refractivity contribution in [2.75, 3.05) is 18.1 Å². The summed E-state index contributed by atoms with van der Waals surface area (Å²) >= 11 is 0. The maximum atomic E-state index is 6.13. The molecule has 3 heterocycles. The van der Waals surface area contributed by atoms with E-state index < -0.39 is 0 Å². The second-order valence-electron chi connectivity index (χ2n) is 5.52. The summed E-state index contributed by atoms with van der Waals surface area (Å²) in [5.74, 6) is 2.10. The minimum atomic E-state index is 0.455. The van der Waals surface area contributed by atoms with Crippen LogP contribution in [-0.4, -0.2) is 27.0 Å². The lowest BCUT2D eigenvalue weighted by Gasteiger charge is -2.12. The topological polar surface area (TPSA) is 98.8 Å². The Balaban J connectivity index is 1.80. The summed E-state index contributed by atoms with van der Waals surface area (Å²) in [5, 5.41) is 4.64. The summed E-state index contributed by atoms with van der Waals surface area (Å²) in [6.45, 7) is 0. The van der Waals surface area contributed by atoms with Gasteiger partial charge in [-0.25, -0.2) is 19.9 Å². The normalized spacial score (nSPS) is 10.7. The average Bonchev–Trinajstić information content (AvgIpc) is 2.69. The molecule has 0 unspecified atom stereocenters. The molecule has 128 valence electrons. The Labute approximate surface area is 149 Å². The smallest absolute Gasteiger partial charge is 0.228 e. The molecule has 0 atom stereocenters. The van der Waals surface area contributed by atoms with Crippen LogP contribution in [0.5, 0.6) is 11.6 Å². The fraction of sp³-hybridized carbons (Fsp3) is 0.0526. The minimum absolute atomic E-state index is 0.455. The molecule has 0 fully saturated rings. The Kier molecular flexibility index (Phi) is 4.03. The molecular weight excluding hydrogens is 328 g/mol. The highest BCUT2D eigenvalue weighted by atomic mass is 16.5. The molecule has 26 heavy (non-hydrogen) atoms. The van der Waals surface area contributed by atoms with E-state index in [2.05, 4.69) is 25.3 Å². The van der Waals surface area contributed by atoms with E-state index in [-0.39, 0.29) is 0 Å². The van der Waals surface area contributed by atoms with Crippen LogP contribution in [0.25, 0.3) is 22.0 Å². The van der Waals surface area contributed by atoms with Gasteiger partial charge < -0.3 is 15.8 Å². The van der Waals surface area contributed by atoms with Crippen LogP contribution in [0.1, 0.15) is 0 Å². The molecule has 0 saturated heterocycles. The quantitative estimate of drug-likeness (QED) is 0.584. The van der Waals surface area contributed by atoms with Crippen molar-refractivity contribution in [2.24, 2.45) is 0 Å². The zero-order chi connectivity index (χ0) is 17.9. The van der Waals surface area contributed by atoms with Crippen LogP contribution >= 0.6 is 0 Å². The molecular formula is C19H16N6O. The van der Waals surface area contributed by atoms with Crippen LogP contribution in [0.4, 0.5) is 11.8 Å². The van der Waals surface area contributed by atoms with E-state index in [0.717, 1.165) is 16.3 Å². The monoisotopic (exact) mass is 344 g/mol. The molecule has 0 aliphatic heterocycles. The first kappa shape index (κ1) is 15.8. The van der Waals surface area contributed by atoms with Crippen molar-refractivity contribution in [1.82, 2.24) is 19.9 Å².